The third kappa shape index (κ3) is 2.90. The van der Waals surface area contributed by atoms with Crippen LogP contribution in [0.1, 0.15) is 37.4 Å². The van der Waals surface area contributed by atoms with E-state index in [9.17, 15) is 4.79 Å². The highest BCUT2D eigenvalue weighted by Gasteiger charge is 2.31. The quantitative estimate of drug-likeness (QED) is 0.842. The molecule has 0 atom stereocenters. The molecule has 1 aromatic heterocycles. The van der Waals surface area contributed by atoms with Crippen LogP contribution in [0.15, 0.2) is 0 Å². The van der Waals surface area contributed by atoms with Crippen molar-refractivity contribution in [3.05, 3.63) is 11.3 Å². The first-order valence-corrected chi connectivity index (χ1v) is 6.53. The lowest BCUT2D eigenvalue weighted by Gasteiger charge is -2.34. The van der Waals surface area contributed by atoms with Crippen LogP contribution >= 0.6 is 0 Å². The predicted molar refractivity (Wildman–Crippen MR) is 69.4 cm³/mol. The summed E-state index contributed by atoms with van der Waals surface area (Å²) in [7, 11) is 0. The number of nitrogens with one attached hydrogen (secondary N) is 2. The Morgan fingerprint density at radius 2 is 2.22 bits per heavy atom. The van der Waals surface area contributed by atoms with Gasteiger partial charge in [-0.2, -0.15) is 5.10 Å². The molecule has 5 nitrogen and oxygen atoms in total. The van der Waals surface area contributed by atoms with Crippen molar-refractivity contribution in [2.75, 3.05) is 11.9 Å². The van der Waals surface area contributed by atoms with Gasteiger partial charge in [0.2, 0.25) is 5.91 Å². The fourth-order valence-electron chi connectivity index (χ4n) is 2.27. The zero-order valence-electron chi connectivity index (χ0n) is 11.2. The average molecular weight is 251 g/mol. The lowest BCUT2D eigenvalue weighted by Crippen LogP contribution is -2.34. The molecule has 1 aromatic rings. The van der Waals surface area contributed by atoms with E-state index in [1.165, 1.54) is 0 Å². The van der Waals surface area contributed by atoms with Gasteiger partial charge in [-0.05, 0) is 39.5 Å². The molecule has 1 fully saturated rings. The maximum Gasteiger partial charge on any atom is 0.225 e. The fraction of sp³-hybridized carbons (Fsp3) is 0.692. The summed E-state index contributed by atoms with van der Waals surface area (Å²) in [6.45, 7) is 6.65. The summed E-state index contributed by atoms with van der Waals surface area (Å²) in [6, 6.07) is 0. The van der Waals surface area contributed by atoms with E-state index in [-0.39, 0.29) is 5.91 Å². The Kier molecular flexibility index (Phi) is 4.01. The summed E-state index contributed by atoms with van der Waals surface area (Å²) in [5.74, 6) is 1.16. The molecule has 100 valence electrons. The molecule has 1 saturated carbocycles. The largest absolute Gasteiger partial charge is 0.378 e. The molecule has 0 radical (unpaired) electrons. The van der Waals surface area contributed by atoms with Gasteiger partial charge in [-0.3, -0.25) is 9.89 Å². The van der Waals surface area contributed by atoms with E-state index in [0.717, 1.165) is 30.7 Å². The van der Waals surface area contributed by atoms with Crippen LogP contribution in [-0.2, 0) is 9.53 Å². The Hall–Kier alpha value is -1.36. The van der Waals surface area contributed by atoms with Crippen LogP contribution in [0.25, 0.3) is 0 Å². The second kappa shape index (κ2) is 5.52. The van der Waals surface area contributed by atoms with E-state index < -0.39 is 0 Å². The summed E-state index contributed by atoms with van der Waals surface area (Å²) >= 11 is 0. The van der Waals surface area contributed by atoms with Gasteiger partial charge < -0.3 is 10.1 Å². The molecule has 0 spiro atoms. The number of nitrogens with zero attached hydrogens (tertiary/aromatic N) is 1. The van der Waals surface area contributed by atoms with Crippen molar-refractivity contribution in [2.24, 2.45) is 5.92 Å². The van der Waals surface area contributed by atoms with Crippen LogP contribution in [-0.4, -0.2) is 28.8 Å². The number of H-pyrrole nitrogens is 1. The van der Waals surface area contributed by atoms with Crippen LogP contribution < -0.4 is 5.32 Å². The van der Waals surface area contributed by atoms with Gasteiger partial charge in [0.25, 0.3) is 0 Å². The van der Waals surface area contributed by atoms with Crippen molar-refractivity contribution in [1.82, 2.24) is 10.2 Å². The van der Waals surface area contributed by atoms with Gasteiger partial charge in [0.15, 0.2) is 5.82 Å². The molecule has 5 heteroatoms. The van der Waals surface area contributed by atoms with Crippen LogP contribution in [0.4, 0.5) is 5.82 Å². The smallest absolute Gasteiger partial charge is 0.225 e. The molecule has 2 N–H and O–H groups in total. The van der Waals surface area contributed by atoms with Crippen molar-refractivity contribution in [1.29, 1.82) is 0 Å². The summed E-state index contributed by atoms with van der Waals surface area (Å²) < 4.78 is 5.48. The maximum absolute atomic E-state index is 11.8. The Labute approximate surface area is 107 Å². The zero-order chi connectivity index (χ0) is 13.1. The second-order valence-corrected chi connectivity index (χ2v) is 4.99. The number of aromatic amines is 1. The molecular weight excluding hydrogens is 230 g/mol. The minimum Gasteiger partial charge on any atom is -0.378 e. The first-order valence-electron chi connectivity index (χ1n) is 6.53. The Balaban J connectivity index is 1.75. The van der Waals surface area contributed by atoms with Crippen molar-refractivity contribution in [3.63, 3.8) is 0 Å². The van der Waals surface area contributed by atoms with Gasteiger partial charge in [0.1, 0.15) is 0 Å². The van der Waals surface area contributed by atoms with Crippen molar-refractivity contribution < 1.29 is 9.53 Å². The number of hydrogen-bond donors (Lipinski definition) is 2. The van der Waals surface area contributed by atoms with Gasteiger partial charge in [-0.1, -0.05) is 0 Å². The molecular formula is C13H21N3O2. The van der Waals surface area contributed by atoms with E-state index in [2.05, 4.69) is 15.5 Å². The van der Waals surface area contributed by atoms with Gasteiger partial charge in [0.05, 0.1) is 6.10 Å². The standard InChI is InChI=1S/C13H21N3O2/c1-4-18-11-5-10(6-11)7-12(17)14-13-8(2)9(3)15-16-13/h10-11H,4-7H2,1-3H3,(H2,14,15,16,17). The Morgan fingerprint density at radius 3 is 2.78 bits per heavy atom. The molecule has 0 saturated heterocycles. The molecule has 1 heterocycles. The van der Waals surface area contributed by atoms with E-state index in [1.807, 2.05) is 20.8 Å². The SMILES string of the molecule is CCOC1CC(CC(=O)Nc2n[nH]c(C)c2C)C1. The first kappa shape index (κ1) is 13.1. The van der Waals surface area contributed by atoms with E-state index in [1.54, 1.807) is 0 Å². The third-order valence-electron chi connectivity index (χ3n) is 3.58. The fourth-order valence-corrected chi connectivity index (χ4v) is 2.27. The van der Waals surface area contributed by atoms with Crippen LogP contribution in [0.5, 0.6) is 0 Å². The lowest BCUT2D eigenvalue weighted by atomic mass is 9.80. The Bertz CT molecular complexity index is 422. The first-order chi connectivity index (χ1) is 8.60. The number of carbonyl (C=O) groups is 1. The van der Waals surface area contributed by atoms with Crippen molar-refractivity contribution in [2.45, 2.75) is 46.1 Å². The predicted octanol–water partition coefficient (Wildman–Crippen LogP) is 2.17. The molecule has 1 amide bonds. The molecule has 1 aliphatic rings. The van der Waals surface area contributed by atoms with Gasteiger partial charge in [0, 0.05) is 24.3 Å². The highest BCUT2D eigenvalue weighted by atomic mass is 16.5. The topological polar surface area (TPSA) is 67.0 Å². The monoisotopic (exact) mass is 251 g/mol. The molecule has 1 aliphatic carbocycles. The van der Waals surface area contributed by atoms with Gasteiger partial charge in [-0.25, -0.2) is 0 Å². The second-order valence-electron chi connectivity index (χ2n) is 4.99. The lowest BCUT2D eigenvalue weighted by molar-refractivity contribution is -0.119. The van der Waals surface area contributed by atoms with E-state index in [4.69, 9.17) is 4.74 Å². The summed E-state index contributed by atoms with van der Waals surface area (Å²) in [5.41, 5.74) is 1.99. The minimum absolute atomic E-state index is 0.0459. The summed E-state index contributed by atoms with van der Waals surface area (Å²) in [6.07, 6.45) is 2.93. The van der Waals surface area contributed by atoms with E-state index >= 15 is 0 Å². The normalized spacial score (nSPS) is 22.6. The van der Waals surface area contributed by atoms with Gasteiger partial charge >= 0.3 is 0 Å². The molecule has 18 heavy (non-hydrogen) atoms. The summed E-state index contributed by atoms with van der Waals surface area (Å²) in [5, 5.41) is 9.79. The molecule has 0 aromatic carbocycles. The third-order valence-corrected chi connectivity index (χ3v) is 3.58. The Morgan fingerprint density at radius 1 is 1.50 bits per heavy atom. The van der Waals surface area contributed by atoms with Crippen LogP contribution in [0, 0.1) is 19.8 Å². The number of aryl methyl sites for hydroxylation is 1. The molecule has 0 aliphatic heterocycles. The maximum atomic E-state index is 11.8. The number of aromatic nitrogens is 2. The average Bonchev–Trinajstić information content (AvgIpc) is 2.58. The molecule has 0 bridgehead atoms. The highest BCUT2D eigenvalue weighted by Crippen LogP contribution is 2.32. The van der Waals surface area contributed by atoms with Crippen LogP contribution in [0.3, 0.4) is 0 Å². The van der Waals surface area contributed by atoms with E-state index in [0.29, 0.717) is 24.3 Å². The van der Waals surface area contributed by atoms with Crippen molar-refractivity contribution >= 4 is 11.7 Å². The van der Waals surface area contributed by atoms with Crippen LogP contribution in [0.2, 0.25) is 0 Å². The molecule has 0 unspecified atom stereocenters. The number of amides is 1. The number of carbonyl (C=O) groups excluding carboxylic acids is 1. The minimum atomic E-state index is 0.0459. The number of ether oxygens (including phenoxy) is 1. The number of rotatable bonds is 5. The highest BCUT2D eigenvalue weighted by molar-refractivity contribution is 5.90. The van der Waals surface area contributed by atoms with Gasteiger partial charge in [-0.15, -0.1) is 0 Å². The summed E-state index contributed by atoms with van der Waals surface area (Å²) in [4.78, 5) is 11.8. The molecule has 2 rings (SSSR count). The number of hydrogen-bond acceptors (Lipinski definition) is 3. The number of anilines is 1. The zero-order valence-corrected chi connectivity index (χ0v) is 11.2. The van der Waals surface area contributed by atoms with Crippen molar-refractivity contribution in [3.8, 4) is 0 Å².